The number of anilines is 3. The second-order valence-corrected chi connectivity index (χ2v) is 7.71. The molecule has 33 heavy (non-hydrogen) atoms. The summed E-state index contributed by atoms with van der Waals surface area (Å²) in [6.07, 6.45) is 0. The molecule has 2 amide bonds. The summed E-state index contributed by atoms with van der Waals surface area (Å²) in [5.74, 6) is -0.744. The van der Waals surface area contributed by atoms with E-state index in [1.807, 2.05) is 61.6 Å². The molecule has 0 aliphatic carbocycles. The first-order valence-electron chi connectivity index (χ1n) is 10.7. The highest BCUT2D eigenvalue weighted by Gasteiger charge is 2.28. The number of fused-ring (bicyclic) bond motifs is 1. The lowest BCUT2D eigenvalue weighted by Crippen LogP contribution is -2.34. The Morgan fingerprint density at radius 1 is 1.03 bits per heavy atom. The van der Waals surface area contributed by atoms with Gasteiger partial charge in [-0.25, -0.2) is 4.39 Å². The van der Waals surface area contributed by atoms with Gasteiger partial charge in [0.25, 0.3) is 5.91 Å². The van der Waals surface area contributed by atoms with Crippen molar-refractivity contribution in [3.63, 3.8) is 0 Å². The molecule has 3 aromatic rings. The molecule has 3 N–H and O–H groups in total. The maximum atomic E-state index is 13.7. The zero-order valence-electron chi connectivity index (χ0n) is 18.5. The molecular formula is C26H25FN4O2. The topological polar surface area (TPSA) is 73.5 Å². The van der Waals surface area contributed by atoms with Crippen molar-refractivity contribution >= 4 is 40.1 Å². The van der Waals surface area contributed by atoms with E-state index >= 15 is 0 Å². The normalized spacial score (nSPS) is 13.8. The number of carbonyl (C=O) groups excluding carboxylic acids is 2. The molecule has 6 nitrogen and oxygen atoms in total. The molecule has 0 spiro atoms. The van der Waals surface area contributed by atoms with Crippen LogP contribution in [0.15, 0.2) is 72.8 Å². The Hall–Kier alpha value is -3.97. The van der Waals surface area contributed by atoms with Gasteiger partial charge >= 0.3 is 0 Å². The van der Waals surface area contributed by atoms with Gasteiger partial charge < -0.3 is 20.9 Å². The fraction of sp³-hybridized carbons (Fsp3) is 0.154. The molecule has 1 aliphatic heterocycles. The molecule has 0 bridgehead atoms. The smallest absolute Gasteiger partial charge is 0.258 e. The summed E-state index contributed by atoms with van der Waals surface area (Å²) in [7, 11) is 1.84. The van der Waals surface area contributed by atoms with Gasteiger partial charge in [0.15, 0.2) is 0 Å². The van der Waals surface area contributed by atoms with Gasteiger partial charge in [-0.15, -0.1) is 0 Å². The van der Waals surface area contributed by atoms with Gasteiger partial charge in [-0.2, -0.15) is 0 Å². The molecular weight excluding hydrogens is 419 g/mol. The number of carbonyl (C=O) groups is 2. The van der Waals surface area contributed by atoms with E-state index < -0.39 is 5.82 Å². The first-order chi connectivity index (χ1) is 16.0. The van der Waals surface area contributed by atoms with Crippen LogP contribution in [0.4, 0.5) is 21.5 Å². The van der Waals surface area contributed by atoms with E-state index in [4.69, 9.17) is 0 Å². The Balaban J connectivity index is 1.72. The Labute approximate surface area is 192 Å². The third kappa shape index (κ3) is 4.78. The maximum Gasteiger partial charge on any atom is 0.258 e. The highest BCUT2D eigenvalue weighted by molar-refractivity contribution is 6.37. The van der Waals surface area contributed by atoms with Gasteiger partial charge in [-0.3, -0.25) is 9.59 Å². The molecule has 0 fully saturated rings. The van der Waals surface area contributed by atoms with E-state index in [1.165, 1.54) is 12.1 Å². The van der Waals surface area contributed by atoms with Crippen molar-refractivity contribution in [3.05, 3.63) is 89.7 Å². The van der Waals surface area contributed by atoms with Gasteiger partial charge in [-0.1, -0.05) is 30.3 Å². The minimum absolute atomic E-state index is 0.0375. The van der Waals surface area contributed by atoms with Gasteiger partial charge in [0.05, 0.1) is 17.0 Å². The third-order valence-corrected chi connectivity index (χ3v) is 5.45. The molecule has 3 aromatic carbocycles. The highest BCUT2D eigenvalue weighted by atomic mass is 19.1. The molecule has 4 rings (SSSR count). The first kappa shape index (κ1) is 22.2. The third-order valence-electron chi connectivity index (χ3n) is 5.45. The first-order valence-corrected chi connectivity index (χ1v) is 10.7. The predicted octanol–water partition coefficient (Wildman–Crippen LogP) is 4.33. The number of nitrogens with zero attached hydrogens (tertiary/aromatic N) is 1. The lowest BCUT2D eigenvalue weighted by atomic mass is 10.00. The Morgan fingerprint density at radius 3 is 2.42 bits per heavy atom. The van der Waals surface area contributed by atoms with Gasteiger partial charge in [0, 0.05) is 37.0 Å². The molecule has 0 saturated carbocycles. The molecule has 7 heteroatoms. The fourth-order valence-corrected chi connectivity index (χ4v) is 3.84. The van der Waals surface area contributed by atoms with Crippen LogP contribution >= 0.6 is 0 Å². The van der Waals surface area contributed by atoms with Crippen LogP contribution in [0.1, 0.15) is 18.1 Å². The van der Waals surface area contributed by atoms with Crippen LogP contribution < -0.4 is 20.9 Å². The van der Waals surface area contributed by atoms with Crippen LogP contribution in [0.3, 0.4) is 0 Å². The summed E-state index contributed by atoms with van der Waals surface area (Å²) in [5.41, 5.74) is 4.51. The number of nitrogens with one attached hydrogen (secondary N) is 3. The Bertz CT molecular complexity index is 1210. The number of hydrogen-bond acceptors (Lipinski definition) is 4. The van der Waals surface area contributed by atoms with Crippen molar-refractivity contribution in [1.29, 1.82) is 0 Å². The summed E-state index contributed by atoms with van der Waals surface area (Å²) in [5, 5.41) is 9.18. The zero-order valence-corrected chi connectivity index (χ0v) is 18.5. The van der Waals surface area contributed by atoms with Crippen molar-refractivity contribution in [2.24, 2.45) is 0 Å². The van der Waals surface area contributed by atoms with Crippen molar-refractivity contribution in [1.82, 2.24) is 5.32 Å². The minimum atomic E-state index is -0.409. The quantitative estimate of drug-likeness (QED) is 0.475. The molecule has 0 unspecified atom stereocenters. The average Bonchev–Trinajstić information content (AvgIpc) is 3.13. The van der Waals surface area contributed by atoms with Gasteiger partial charge in [0.1, 0.15) is 5.82 Å². The molecule has 1 heterocycles. The van der Waals surface area contributed by atoms with Crippen LogP contribution in [-0.2, 0) is 9.59 Å². The Morgan fingerprint density at radius 2 is 1.76 bits per heavy atom. The van der Waals surface area contributed by atoms with Crippen molar-refractivity contribution in [2.45, 2.75) is 6.92 Å². The molecule has 0 radical (unpaired) electrons. The van der Waals surface area contributed by atoms with E-state index in [2.05, 4.69) is 16.0 Å². The van der Waals surface area contributed by atoms with E-state index in [1.54, 1.807) is 17.9 Å². The van der Waals surface area contributed by atoms with Gasteiger partial charge in [0.2, 0.25) is 5.91 Å². The molecule has 1 aliphatic rings. The monoisotopic (exact) mass is 444 g/mol. The number of halogens is 1. The predicted molar refractivity (Wildman–Crippen MR) is 130 cm³/mol. The number of benzene rings is 3. The van der Waals surface area contributed by atoms with Crippen molar-refractivity contribution in [3.8, 4) is 0 Å². The maximum absolute atomic E-state index is 13.7. The van der Waals surface area contributed by atoms with Crippen LogP contribution in [0.5, 0.6) is 0 Å². The molecule has 168 valence electrons. The van der Waals surface area contributed by atoms with Crippen LogP contribution in [0.25, 0.3) is 11.3 Å². The largest absolute Gasteiger partial charge is 0.354 e. The fourth-order valence-electron chi connectivity index (χ4n) is 3.84. The van der Waals surface area contributed by atoms with Crippen LogP contribution in [-0.4, -0.2) is 32.0 Å². The van der Waals surface area contributed by atoms with Crippen molar-refractivity contribution in [2.75, 3.05) is 35.7 Å². The number of amides is 2. The van der Waals surface area contributed by atoms with Crippen molar-refractivity contribution < 1.29 is 14.0 Å². The summed E-state index contributed by atoms with van der Waals surface area (Å²) >= 11 is 0. The summed E-state index contributed by atoms with van der Waals surface area (Å²) in [6.45, 7) is 2.78. The summed E-state index contributed by atoms with van der Waals surface area (Å²) < 4.78 is 13.7. The molecule has 0 saturated heterocycles. The average molecular weight is 445 g/mol. The molecule has 0 aromatic heterocycles. The standard InChI is InChI=1S/C26H25FN4O2/c1-17(32)31(15-14-28-2)21-11-9-20(10-12-21)29-25(18-6-4-3-5-7-18)24-22-13-8-19(27)16-23(22)30-26(24)33/h3-13,16,28-29H,14-15H2,1-2H3,(H,30,33). The highest BCUT2D eigenvalue weighted by Crippen LogP contribution is 2.38. The van der Waals surface area contributed by atoms with E-state index in [0.29, 0.717) is 35.6 Å². The van der Waals surface area contributed by atoms with E-state index in [0.717, 1.165) is 16.9 Å². The lowest BCUT2D eigenvalue weighted by molar-refractivity contribution is -0.116. The van der Waals surface area contributed by atoms with E-state index in [-0.39, 0.29) is 11.8 Å². The zero-order chi connectivity index (χ0) is 23.4. The number of hydrogen-bond donors (Lipinski definition) is 3. The van der Waals surface area contributed by atoms with Gasteiger partial charge in [-0.05, 0) is 55.1 Å². The second kappa shape index (κ2) is 9.67. The number of rotatable bonds is 7. The summed E-state index contributed by atoms with van der Waals surface area (Å²) in [4.78, 5) is 26.6. The summed E-state index contributed by atoms with van der Waals surface area (Å²) in [6, 6.07) is 21.3. The SMILES string of the molecule is CNCCN(C(C)=O)c1ccc(NC(=C2C(=O)Nc3cc(F)ccc32)c2ccccc2)cc1. The lowest BCUT2D eigenvalue weighted by Gasteiger charge is -2.22. The minimum Gasteiger partial charge on any atom is -0.354 e. The second-order valence-electron chi connectivity index (χ2n) is 7.71. The van der Waals surface area contributed by atoms with Crippen LogP contribution in [0.2, 0.25) is 0 Å². The Kier molecular flexibility index (Phi) is 6.51. The van der Waals surface area contributed by atoms with E-state index in [9.17, 15) is 14.0 Å². The van der Waals surface area contributed by atoms with Crippen LogP contribution in [0, 0.1) is 5.82 Å². The number of likely N-dealkylation sites (N-methyl/N-ethyl adjacent to an activating group) is 1. The molecule has 0 atom stereocenters.